The van der Waals surface area contributed by atoms with E-state index in [0.717, 1.165) is 17.9 Å². The Kier molecular flexibility index (Phi) is 10.1. The van der Waals surface area contributed by atoms with Crippen molar-refractivity contribution in [3.63, 3.8) is 0 Å². The minimum Gasteiger partial charge on any atom is -0.488 e. The molecule has 0 aliphatic carbocycles. The van der Waals surface area contributed by atoms with Gasteiger partial charge in [-0.2, -0.15) is 11.8 Å². The highest BCUT2D eigenvalue weighted by atomic mass is 35.5. The summed E-state index contributed by atoms with van der Waals surface area (Å²) < 4.78 is 31.3. The third kappa shape index (κ3) is 7.29. The molecule has 8 heteroatoms. The zero-order valence-corrected chi connectivity index (χ0v) is 14.1. The van der Waals surface area contributed by atoms with Crippen LogP contribution in [0.1, 0.15) is 13.3 Å². The van der Waals surface area contributed by atoms with Gasteiger partial charge in [0.2, 0.25) is 5.91 Å². The summed E-state index contributed by atoms with van der Waals surface area (Å²) in [6.45, 7) is 1.80. The van der Waals surface area contributed by atoms with Gasteiger partial charge < -0.3 is 15.8 Å². The summed E-state index contributed by atoms with van der Waals surface area (Å²) in [5.74, 6) is -0.949. The average molecular weight is 355 g/mol. The lowest BCUT2D eigenvalue weighted by atomic mass is 10.2. The monoisotopic (exact) mass is 354 g/mol. The van der Waals surface area contributed by atoms with Crippen LogP contribution in [0.25, 0.3) is 0 Å². The van der Waals surface area contributed by atoms with Gasteiger partial charge in [0.15, 0.2) is 11.6 Å². The number of nitrogens with two attached hydrogens (primary N) is 1. The predicted octanol–water partition coefficient (Wildman–Crippen LogP) is 2.35. The Balaban J connectivity index is 0.00000441. The molecular weight excluding hydrogens is 334 g/mol. The van der Waals surface area contributed by atoms with Crippen molar-refractivity contribution >= 4 is 30.1 Å². The van der Waals surface area contributed by atoms with Crippen molar-refractivity contribution in [2.45, 2.75) is 25.4 Å². The summed E-state index contributed by atoms with van der Waals surface area (Å²) in [4.78, 5) is 11.8. The van der Waals surface area contributed by atoms with E-state index in [2.05, 4.69) is 5.32 Å². The molecule has 0 fully saturated rings. The first-order chi connectivity index (χ1) is 9.93. The van der Waals surface area contributed by atoms with E-state index >= 15 is 0 Å². The first kappa shape index (κ1) is 20.9. The van der Waals surface area contributed by atoms with Crippen LogP contribution in [0.5, 0.6) is 5.75 Å². The maximum atomic E-state index is 13.4. The highest BCUT2D eigenvalue weighted by molar-refractivity contribution is 7.98. The standard InChI is InChI=1S/C14H20F2N2O2S.ClH/c1-9(18-14(19)12(17)5-6-21-2)8-20-13-4-3-10(15)7-11(13)16;/h3-4,7,9,12H,5-6,8,17H2,1-2H3,(H,18,19);1H/t9?,12-;/m0./s1. The molecule has 2 atom stereocenters. The van der Waals surface area contributed by atoms with Crippen molar-refractivity contribution in [2.24, 2.45) is 5.73 Å². The van der Waals surface area contributed by atoms with Crippen LogP contribution in [0.15, 0.2) is 18.2 Å². The molecule has 0 saturated heterocycles. The molecule has 0 spiro atoms. The second kappa shape index (κ2) is 10.6. The van der Waals surface area contributed by atoms with E-state index in [0.29, 0.717) is 6.42 Å². The summed E-state index contributed by atoms with van der Waals surface area (Å²) in [5.41, 5.74) is 5.73. The quantitative estimate of drug-likeness (QED) is 0.752. The van der Waals surface area contributed by atoms with Crippen molar-refractivity contribution in [3.8, 4) is 5.75 Å². The Morgan fingerprint density at radius 2 is 2.14 bits per heavy atom. The molecule has 0 aliphatic heterocycles. The minimum atomic E-state index is -0.773. The summed E-state index contributed by atoms with van der Waals surface area (Å²) in [5, 5.41) is 2.69. The number of benzene rings is 1. The van der Waals surface area contributed by atoms with Crippen molar-refractivity contribution < 1.29 is 18.3 Å². The molecule has 126 valence electrons. The molecule has 1 amide bonds. The van der Waals surface area contributed by atoms with Crippen LogP contribution in [0.2, 0.25) is 0 Å². The summed E-state index contributed by atoms with van der Waals surface area (Å²) >= 11 is 1.62. The Bertz CT molecular complexity index is 480. The lowest BCUT2D eigenvalue weighted by Crippen LogP contribution is -2.46. The minimum absolute atomic E-state index is 0. The lowest BCUT2D eigenvalue weighted by molar-refractivity contribution is -0.123. The van der Waals surface area contributed by atoms with Crippen LogP contribution in [-0.4, -0.2) is 36.6 Å². The van der Waals surface area contributed by atoms with Crippen molar-refractivity contribution in [1.29, 1.82) is 0 Å². The fourth-order valence-electron chi connectivity index (χ4n) is 1.57. The highest BCUT2D eigenvalue weighted by Crippen LogP contribution is 2.17. The zero-order valence-electron chi connectivity index (χ0n) is 12.5. The number of rotatable bonds is 8. The van der Waals surface area contributed by atoms with Crippen LogP contribution in [0, 0.1) is 11.6 Å². The first-order valence-electron chi connectivity index (χ1n) is 6.56. The summed E-state index contributed by atoms with van der Waals surface area (Å²) in [6.07, 6.45) is 2.53. The van der Waals surface area contributed by atoms with E-state index in [4.69, 9.17) is 10.5 Å². The number of ether oxygens (including phenoxy) is 1. The molecule has 0 saturated carbocycles. The number of amides is 1. The molecule has 1 unspecified atom stereocenters. The predicted molar refractivity (Wildman–Crippen MR) is 87.7 cm³/mol. The second-order valence-corrected chi connectivity index (χ2v) is 5.67. The van der Waals surface area contributed by atoms with Crippen LogP contribution < -0.4 is 15.8 Å². The lowest BCUT2D eigenvalue weighted by Gasteiger charge is -2.18. The molecule has 4 nitrogen and oxygen atoms in total. The fourth-order valence-corrected chi connectivity index (χ4v) is 2.06. The van der Waals surface area contributed by atoms with Gasteiger partial charge in [0, 0.05) is 6.07 Å². The molecule has 0 aliphatic rings. The number of carbonyl (C=O) groups excluding carboxylic acids is 1. The van der Waals surface area contributed by atoms with Gasteiger partial charge in [0.25, 0.3) is 0 Å². The SMILES string of the molecule is CSCC[C@H](N)C(=O)NC(C)COc1ccc(F)cc1F.Cl. The van der Waals surface area contributed by atoms with Crippen molar-refractivity contribution in [1.82, 2.24) is 5.32 Å². The van der Waals surface area contributed by atoms with Gasteiger partial charge in [-0.05, 0) is 37.5 Å². The normalized spacial score (nSPS) is 13.0. The molecular formula is C14H21ClF2N2O2S. The van der Waals surface area contributed by atoms with Gasteiger partial charge in [0.1, 0.15) is 12.4 Å². The van der Waals surface area contributed by atoms with Crippen molar-refractivity contribution in [2.75, 3.05) is 18.6 Å². The van der Waals surface area contributed by atoms with Gasteiger partial charge in [-0.15, -0.1) is 12.4 Å². The maximum Gasteiger partial charge on any atom is 0.237 e. The molecule has 1 aromatic rings. The van der Waals surface area contributed by atoms with Gasteiger partial charge in [0.05, 0.1) is 12.1 Å². The molecule has 1 rings (SSSR count). The summed E-state index contributed by atoms with van der Waals surface area (Å²) in [6, 6.07) is 2.17. The Morgan fingerprint density at radius 3 is 2.73 bits per heavy atom. The molecule has 3 N–H and O–H groups in total. The van der Waals surface area contributed by atoms with Gasteiger partial charge in [-0.1, -0.05) is 0 Å². The Hall–Kier alpha value is -1.05. The fraction of sp³-hybridized carbons (Fsp3) is 0.500. The van der Waals surface area contributed by atoms with E-state index in [-0.39, 0.29) is 36.7 Å². The van der Waals surface area contributed by atoms with Crippen LogP contribution in [-0.2, 0) is 4.79 Å². The van der Waals surface area contributed by atoms with Gasteiger partial charge in [-0.25, -0.2) is 8.78 Å². The third-order valence-corrected chi connectivity index (χ3v) is 3.39. The number of carbonyl (C=O) groups is 1. The van der Waals surface area contributed by atoms with Crippen LogP contribution in [0.3, 0.4) is 0 Å². The average Bonchev–Trinajstić information content (AvgIpc) is 2.43. The van der Waals surface area contributed by atoms with Gasteiger partial charge >= 0.3 is 0 Å². The zero-order chi connectivity index (χ0) is 15.8. The molecule has 22 heavy (non-hydrogen) atoms. The third-order valence-electron chi connectivity index (χ3n) is 2.74. The first-order valence-corrected chi connectivity index (χ1v) is 7.96. The van der Waals surface area contributed by atoms with Crippen LogP contribution >= 0.6 is 24.2 Å². The number of thioether (sulfide) groups is 1. The molecule has 0 heterocycles. The van der Waals surface area contributed by atoms with E-state index in [1.807, 2.05) is 6.26 Å². The van der Waals surface area contributed by atoms with Crippen LogP contribution in [0.4, 0.5) is 8.78 Å². The number of halogens is 3. The van der Waals surface area contributed by atoms with Gasteiger partial charge in [-0.3, -0.25) is 4.79 Å². The van der Waals surface area contributed by atoms with E-state index < -0.39 is 17.7 Å². The van der Waals surface area contributed by atoms with E-state index in [1.54, 1.807) is 18.7 Å². The largest absolute Gasteiger partial charge is 0.488 e. The molecule has 0 aromatic heterocycles. The molecule has 0 bridgehead atoms. The molecule has 1 aromatic carbocycles. The smallest absolute Gasteiger partial charge is 0.237 e. The number of hydrogen-bond donors (Lipinski definition) is 2. The maximum absolute atomic E-state index is 13.4. The highest BCUT2D eigenvalue weighted by Gasteiger charge is 2.16. The van der Waals surface area contributed by atoms with E-state index in [9.17, 15) is 13.6 Å². The number of hydrogen-bond acceptors (Lipinski definition) is 4. The summed E-state index contributed by atoms with van der Waals surface area (Å²) in [7, 11) is 0. The second-order valence-electron chi connectivity index (χ2n) is 4.68. The van der Waals surface area contributed by atoms with E-state index in [1.165, 1.54) is 6.07 Å². The number of nitrogens with one attached hydrogen (secondary N) is 1. The molecule has 0 radical (unpaired) electrons. The van der Waals surface area contributed by atoms with Crippen molar-refractivity contribution in [3.05, 3.63) is 29.8 Å². The Labute approximate surface area is 139 Å². The Morgan fingerprint density at radius 1 is 1.45 bits per heavy atom. The topological polar surface area (TPSA) is 64.4 Å².